The lowest BCUT2D eigenvalue weighted by Gasteiger charge is -2.43. The van der Waals surface area contributed by atoms with Crippen molar-refractivity contribution in [2.24, 2.45) is 0 Å². The third kappa shape index (κ3) is 7.79. The Morgan fingerprint density at radius 2 is 1.82 bits per heavy atom. The molecule has 2 N–H and O–H groups in total. The van der Waals surface area contributed by atoms with Gasteiger partial charge in [-0.25, -0.2) is 4.79 Å². The van der Waals surface area contributed by atoms with Gasteiger partial charge in [-0.05, 0) is 71.1 Å². The molecule has 0 bridgehead atoms. The monoisotopic (exact) mass is 469 g/mol. The van der Waals surface area contributed by atoms with E-state index in [1.807, 2.05) is 0 Å². The molecule has 34 heavy (non-hydrogen) atoms. The van der Waals surface area contributed by atoms with Crippen LogP contribution in [0.15, 0.2) is 24.3 Å². The minimum absolute atomic E-state index is 0.0749. The van der Waals surface area contributed by atoms with Gasteiger partial charge in [-0.15, -0.1) is 6.42 Å². The van der Waals surface area contributed by atoms with Gasteiger partial charge in [0.25, 0.3) is 0 Å². The van der Waals surface area contributed by atoms with Crippen molar-refractivity contribution >= 4 is 17.9 Å². The lowest BCUT2D eigenvalue weighted by Crippen LogP contribution is -2.56. The van der Waals surface area contributed by atoms with Crippen LogP contribution in [0.4, 0.5) is 4.79 Å². The second-order valence-corrected chi connectivity index (χ2v) is 9.87. The highest BCUT2D eigenvalue weighted by molar-refractivity contribution is 5.92. The molecule has 1 aliphatic rings. The molecule has 7 nitrogen and oxygen atoms in total. The largest absolute Gasteiger partial charge is 0.444 e. The molecule has 0 heterocycles. The molecule has 2 unspecified atom stereocenters. The maximum atomic E-state index is 13.6. The van der Waals surface area contributed by atoms with Crippen LogP contribution in [0.1, 0.15) is 90.3 Å². The van der Waals surface area contributed by atoms with E-state index in [0.717, 1.165) is 38.5 Å². The van der Waals surface area contributed by atoms with E-state index < -0.39 is 23.8 Å². The number of alkyl carbamates (subject to hydrolysis) is 1. The number of unbranched alkanes of at least 4 members (excludes halogenated alkanes) is 2. The fraction of sp³-hybridized carbons (Fsp3) is 0.593. The number of hydrogen-bond acceptors (Lipinski definition) is 4. The summed E-state index contributed by atoms with van der Waals surface area (Å²) in [7, 11) is 0. The lowest BCUT2D eigenvalue weighted by atomic mass is 9.88. The van der Waals surface area contributed by atoms with Crippen LogP contribution in [0, 0.1) is 12.3 Å². The number of carbonyl (C=O) groups excluding carboxylic acids is 3. The molecule has 0 saturated heterocycles. The number of nitrogens with one attached hydrogen (secondary N) is 2. The summed E-state index contributed by atoms with van der Waals surface area (Å²) < 4.78 is 5.31. The van der Waals surface area contributed by atoms with Crippen molar-refractivity contribution in [2.45, 2.75) is 96.9 Å². The van der Waals surface area contributed by atoms with Crippen molar-refractivity contribution in [3.05, 3.63) is 35.4 Å². The average Bonchev–Trinajstić information content (AvgIpc) is 2.73. The molecule has 1 aromatic carbocycles. The summed E-state index contributed by atoms with van der Waals surface area (Å²) in [6.45, 7) is 9.56. The first-order chi connectivity index (χ1) is 16.1. The smallest absolute Gasteiger partial charge is 0.408 e. The molecule has 186 valence electrons. The molecule has 1 fully saturated rings. The SMILES string of the molecule is C#Cc1ccc(C(C(=O)NCCCCC)N(C(=O)C(C)NC(=O)OC(C)(C)C)C2CCC2)cc1. The van der Waals surface area contributed by atoms with E-state index in [9.17, 15) is 14.4 Å². The highest BCUT2D eigenvalue weighted by Gasteiger charge is 2.40. The maximum Gasteiger partial charge on any atom is 0.408 e. The second-order valence-electron chi connectivity index (χ2n) is 9.87. The first-order valence-electron chi connectivity index (χ1n) is 12.2. The molecule has 1 aliphatic carbocycles. The van der Waals surface area contributed by atoms with Crippen molar-refractivity contribution in [1.29, 1.82) is 0 Å². The Morgan fingerprint density at radius 1 is 1.18 bits per heavy atom. The third-order valence-corrected chi connectivity index (χ3v) is 5.83. The molecule has 0 spiro atoms. The van der Waals surface area contributed by atoms with Gasteiger partial charge < -0.3 is 20.3 Å². The van der Waals surface area contributed by atoms with Crippen LogP contribution in [0.2, 0.25) is 0 Å². The molecule has 3 amide bonds. The van der Waals surface area contributed by atoms with Crippen LogP contribution in [0.5, 0.6) is 0 Å². The zero-order valence-electron chi connectivity index (χ0n) is 21.1. The van der Waals surface area contributed by atoms with Crippen molar-refractivity contribution in [2.75, 3.05) is 6.54 Å². The molecule has 1 saturated carbocycles. The molecule has 2 rings (SSSR count). The van der Waals surface area contributed by atoms with Gasteiger partial charge in [0, 0.05) is 18.2 Å². The van der Waals surface area contributed by atoms with E-state index >= 15 is 0 Å². The molecule has 7 heteroatoms. The second kappa shape index (κ2) is 12.5. The topological polar surface area (TPSA) is 87.7 Å². The van der Waals surface area contributed by atoms with Crippen molar-refractivity contribution in [1.82, 2.24) is 15.5 Å². The number of terminal acetylenes is 1. The highest BCUT2D eigenvalue weighted by Crippen LogP contribution is 2.33. The van der Waals surface area contributed by atoms with Gasteiger partial charge in [0.2, 0.25) is 11.8 Å². The zero-order chi connectivity index (χ0) is 25.3. The molecule has 0 radical (unpaired) electrons. The van der Waals surface area contributed by atoms with E-state index in [1.54, 1.807) is 56.9 Å². The first-order valence-corrected chi connectivity index (χ1v) is 12.2. The highest BCUT2D eigenvalue weighted by atomic mass is 16.6. The molecule has 0 aromatic heterocycles. The van der Waals surface area contributed by atoms with Crippen molar-refractivity contribution in [3.8, 4) is 12.3 Å². The number of hydrogen-bond donors (Lipinski definition) is 2. The lowest BCUT2D eigenvalue weighted by molar-refractivity contribution is -0.147. The van der Waals surface area contributed by atoms with Gasteiger partial charge in [0.15, 0.2) is 0 Å². The Hall–Kier alpha value is -3.01. The Kier molecular flexibility index (Phi) is 9.97. The molecule has 2 atom stereocenters. The summed E-state index contributed by atoms with van der Waals surface area (Å²) in [6, 6.07) is 5.42. The molecular formula is C27H39N3O4. The van der Waals surface area contributed by atoms with E-state index in [2.05, 4.69) is 23.5 Å². The summed E-state index contributed by atoms with van der Waals surface area (Å²) in [5, 5.41) is 5.64. The van der Waals surface area contributed by atoms with Gasteiger partial charge in [-0.3, -0.25) is 9.59 Å². The van der Waals surface area contributed by atoms with Crippen molar-refractivity contribution < 1.29 is 19.1 Å². The minimum atomic E-state index is -0.851. The Labute approximate surface area is 204 Å². The number of nitrogens with zero attached hydrogens (tertiary/aromatic N) is 1. The number of ether oxygens (including phenoxy) is 1. The number of carbonyl (C=O) groups is 3. The Balaban J connectivity index is 2.32. The van der Waals surface area contributed by atoms with Gasteiger partial charge in [-0.2, -0.15) is 0 Å². The summed E-state index contributed by atoms with van der Waals surface area (Å²) in [5.74, 6) is 2.04. The van der Waals surface area contributed by atoms with Gasteiger partial charge in [0.05, 0.1) is 0 Å². The quantitative estimate of drug-likeness (QED) is 0.395. The number of rotatable bonds is 10. The predicted molar refractivity (Wildman–Crippen MR) is 133 cm³/mol. The van der Waals surface area contributed by atoms with E-state index in [4.69, 9.17) is 11.2 Å². The van der Waals surface area contributed by atoms with E-state index in [-0.39, 0.29) is 17.9 Å². The van der Waals surface area contributed by atoms with Crippen LogP contribution < -0.4 is 10.6 Å². The zero-order valence-corrected chi connectivity index (χ0v) is 21.1. The van der Waals surface area contributed by atoms with Crippen LogP contribution in [-0.2, 0) is 14.3 Å². The van der Waals surface area contributed by atoms with E-state index in [1.165, 1.54) is 0 Å². The summed E-state index contributed by atoms with van der Waals surface area (Å²) >= 11 is 0. The fourth-order valence-electron chi connectivity index (χ4n) is 3.84. The van der Waals surface area contributed by atoms with Gasteiger partial charge in [0.1, 0.15) is 17.7 Å². The standard InChI is InChI=1S/C27H39N3O4/c1-7-9-10-18-28-24(31)23(21-16-14-20(8-2)15-17-21)30(22-12-11-13-22)25(32)19(3)29-26(33)34-27(4,5)6/h2,14-17,19,22-23H,7,9-13,18H2,1,3-6H3,(H,28,31)(H,29,33). The van der Waals surface area contributed by atoms with Crippen LogP contribution >= 0.6 is 0 Å². The predicted octanol–water partition coefficient (Wildman–Crippen LogP) is 4.31. The van der Waals surface area contributed by atoms with Crippen LogP contribution in [-0.4, -0.2) is 47.0 Å². The molecular weight excluding hydrogens is 430 g/mol. The normalized spacial score (nSPS) is 15.3. The molecule has 0 aliphatic heterocycles. The Bertz CT molecular complexity index is 879. The van der Waals surface area contributed by atoms with Crippen LogP contribution in [0.25, 0.3) is 0 Å². The summed E-state index contributed by atoms with van der Waals surface area (Å²) in [4.78, 5) is 41.0. The Morgan fingerprint density at radius 3 is 2.32 bits per heavy atom. The van der Waals surface area contributed by atoms with Crippen molar-refractivity contribution in [3.63, 3.8) is 0 Å². The third-order valence-electron chi connectivity index (χ3n) is 5.83. The number of benzene rings is 1. The average molecular weight is 470 g/mol. The van der Waals surface area contributed by atoms with E-state index in [0.29, 0.717) is 17.7 Å². The van der Waals surface area contributed by atoms with Gasteiger partial charge >= 0.3 is 6.09 Å². The van der Waals surface area contributed by atoms with Crippen LogP contribution in [0.3, 0.4) is 0 Å². The fourth-order valence-corrected chi connectivity index (χ4v) is 3.84. The maximum absolute atomic E-state index is 13.6. The first kappa shape index (κ1) is 27.2. The minimum Gasteiger partial charge on any atom is -0.444 e. The summed E-state index contributed by atoms with van der Waals surface area (Å²) in [5.41, 5.74) is 0.712. The van der Waals surface area contributed by atoms with Gasteiger partial charge in [-0.1, -0.05) is 37.8 Å². The summed E-state index contributed by atoms with van der Waals surface area (Å²) in [6.07, 6.45) is 10.4. The number of amides is 3. The molecule has 1 aromatic rings.